The molecule has 0 aliphatic heterocycles. The molecule has 0 aromatic heterocycles. The maximum absolute atomic E-state index is 5.61. The zero-order chi connectivity index (χ0) is 15.1. The second kappa shape index (κ2) is 8.08. The Morgan fingerprint density at radius 3 is 2.24 bits per heavy atom. The van der Waals surface area contributed by atoms with Gasteiger partial charge in [0.05, 0.1) is 12.6 Å². The lowest BCUT2D eigenvalue weighted by Gasteiger charge is -2.19. The van der Waals surface area contributed by atoms with Crippen molar-refractivity contribution in [2.75, 3.05) is 11.9 Å². The second-order valence-electron chi connectivity index (χ2n) is 5.03. The molecule has 2 aromatic rings. The zero-order valence-electron chi connectivity index (χ0n) is 12.6. The van der Waals surface area contributed by atoms with Gasteiger partial charge in [-0.1, -0.05) is 41.9 Å². The molecule has 1 unspecified atom stereocenters. The molecule has 0 spiro atoms. The van der Waals surface area contributed by atoms with Crippen LogP contribution >= 0.6 is 15.9 Å². The van der Waals surface area contributed by atoms with Crippen LogP contribution < -0.4 is 10.1 Å². The quantitative estimate of drug-likeness (QED) is 0.683. The van der Waals surface area contributed by atoms with Crippen molar-refractivity contribution in [2.24, 2.45) is 0 Å². The molecule has 21 heavy (non-hydrogen) atoms. The van der Waals surface area contributed by atoms with E-state index in [0.717, 1.165) is 35.4 Å². The fraction of sp³-hybridized carbons (Fsp3) is 0.333. The van der Waals surface area contributed by atoms with E-state index in [0.29, 0.717) is 6.04 Å². The van der Waals surface area contributed by atoms with Crippen LogP contribution in [0.15, 0.2) is 53.0 Å². The molecule has 0 fully saturated rings. The Morgan fingerprint density at radius 2 is 1.67 bits per heavy atom. The molecular weight excluding hydrogens is 326 g/mol. The Bertz CT molecular complexity index is 536. The van der Waals surface area contributed by atoms with Gasteiger partial charge in [-0.3, -0.25) is 0 Å². The van der Waals surface area contributed by atoms with Gasteiger partial charge < -0.3 is 10.1 Å². The highest BCUT2D eigenvalue weighted by Gasteiger charge is 2.09. The Labute approximate surface area is 135 Å². The normalized spacial score (nSPS) is 12.0. The molecular formula is C18H22BrNO. The van der Waals surface area contributed by atoms with Crippen molar-refractivity contribution in [3.05, 3.63) is 58.6 Å². The predicted molar refractivity (Wildman–Crippen MR) is 93.0 cm³/mol. The third kappa shape index (κ3) is 4.78. The van der Waals surface area contributed by atoms with Crippen LogP contribution in [0.4, 0.5) is 5.69 Å². The molecule has 0 amide bonds. The van der Waals surface area contributed by atoms with Crippen molar-refractivity contribution in [2.45, 2.75) is 32.7 Å². The molecule has 0 saturated heterocycles. The van der Waals surface area contributed by atoms with Gasteiger partial charge in [0.25, 0.3) is 0 Å². The summed E-state index contributed by atoms with van der Waals surface area (Å²) in [5, 5.41) is 3.58. The number of anilines is 1. The van der Waals surface area contributed by atoms with E-state index in [1.165, 1.54) is 5.56 Å². The van der Waals surface area contributed by atoms with E-state index in [4.69, 9.17) is 4.74 Å². The molecule has 1 N–H and O–H groups in total. The van der Waals surface area contributed by atoms with Crippen molar-refractivity contribution in [1.82, 2.24) is 0 Å². The number of hydrogen-bond acceptors (Lipinski definition) is 2. The SMILES string of the molecule is CCCOc1ccc(NC(CC)c2ccc(Br)cc2)cc1. The molecule has 1 atom stereocenters. The van der Waals surface area contributed by atoms with Crippen LogP contribution in [0.25, 0.3) is 0 Å². The van der Waals surface area contributed by atoms with Crippen molar-refractivity contribution < 1.29 is 4.74 Å². The third-order valence-electron chi connectivity index (χ3n) is 3.35. The summed E-state index contributed by atoms with van der Waals surface area (Å²) < 4.78 is 6.72. The topological polar surface area (TPSA) is 21.3 Å². The standard InChI is InChI=1S/C18H22BrNO/c1-3-13-21-17-11-9-16(10-12-17)20-18(4-2)14-5-7-15(19)8-6-14/h5-12,18,20H,3-4,13H2,1-2H3. The summed E-state index contributed by atoms with van der Waals surface area (Å²) in [7, 11) is 0. The molecule has 2 rings (SSSR count). The highest BCUT2D eigenvalue weighted by molar-refractivity contribution is 9.10. The van der Waals surface area contributed by atoms with E-state index in [2.05, 4.69) is 71.5 Å². The lowest BCUT2D eigenvalue weighted by atomic mass is 10.0. The van der Waals surface area contributed by atoms with Gasteiger partial charge in [0.2, 0.25) is 0 Å². The average molecular weight is 348 g/mol. The monoisotopic (exact) mass is 347 g/mol. The van der Waals surface area contributed by atoms with Gasteiger partial charge in [-0.25, -0.2) is 0 Å². The first-order valence-electron chi connectivity index (χ1n) is 7.47. The van der Waals surface area contributed by atoms with Crippen LogP contribution in [0.3, 0.4) is 0 Å². The lowest BCUT2D eigenvalue weighted by molar-refractivity contribution is 0.317. The summed E-state index contributed by atoms with van der Waals surface area (Å²) in [6.45, 7) is 5.07. The highest BCUT2D eigenvalue weighted by atomic mass is 79.9. The van der Waals surface area contributed by atoms with Gasteiger partial charge in [-0.05, 0) is 54.8 Å². The molecule has 3 heteroatoms. The summed E-state index contributed by atoms with van der Waals surface area (Å²) in [5.41, 5.74) is 2.42. The van der Waals surface area contributed by atoms with Crippen LogP contribution in [-0.4, -0.2) is 6.61 Å². The van der Waals surface area contributed by atoms with Crippen LogP contribution in [0, 0.1) is 0 Å². The van der Waals surface area contributed by atoms with Crippen molar-refractivity contribution in [3.63, 3.8) is 0 Å². The second-order valence-corrected chi connectivity index (χ2v) is 5.95. The molecule has 0 radical (unpaired) electrons. The van der Waals surface area contributed by atoms with Crippen LogP contribution in [0.2, 0.25) is 0 Å². The molecule has 2 aromatic carbocycles. The van der Waals surface area contributed by atoms with Crippen molar-refractivity contribution >= 4 is 21.6 Å². The van der Waals surface area contributed by atoms with Gasteiger partial charge in [0, 0.05) is 10.2 Å². The van der Waals surface area contributed by atoms with E-state index in [9.17, 15) is 0 Å². The molecule has 0 aliphatic carbocycles. The van der Waals surface area contributed by atoms with Crippen LogP contribution in [0.5, 0.6) is 5.75 Å². The number of ether oxygens (including phenoxy) is 1. The fourth-order valence-corrected chi connectivity index (χ4v) is 2.45. The summed E-state index contributed by atoms with van der Waals surface area (Å²) in [4.78, 5) is 0. The Morgan fingerprint density at radius 1 is 1.00 bits per heavy atom. The van der Waals surface area contributed by atoms with E-state index < -0.39 is 0 Å². The molecule has 0 heterocycles. The largest absolute Gasteiger partial charge is 0.494 e. The predicted octanol–water partition coefficient (Wildman–Crippen LogP) is 5.80. The Hall–Kier alpha value is -1.48. The number of halogens is 1. The first-order chi connectivity index (χ1) is 10.2. The number of nitrogens with one attached hydrogen (secondary N) is 1. The lowest BCUT2D eigenvalue weighted by Crippen LogP contribution is -2.09. The Balaban J connectivity index is 2.02. The van der Waals surface area contributed by atoms with Crippen molar-refractivity contribution in [1.29, 1.82) is 0 Å². The minimum atomic E-state index is 0.320. The maximum Gasteiger partial charge on any atom is 0.119 e. The van der Waals surface area contributed by atoms with Gasteiger partial charge in [-0.2, -0.15) is 0 Å². The number of hydrogen-bond donors (Lipinski definition) is 1. The molecule has 0 bridgehead atoms. The van der Waals surface area contributed by atoms with E-state index in [-0.39, 0.29) is 0 Å². The van der Waals surface area contributed by atoms with Gasteiger partial charge >= 0.3 is 0 Å². The third-order valence-corrected chi connectivity index (χ3v) is 3.88. The van der Waals surface area contributed by atoms with Gasteiger partial charge in [0.1, 0.15) is 5.75 Å². The molecule has 0 aliphatic rings. The minimum absolute atomic E-state index is 0.320. The first kappa shape index (κ1) is 15.9. The van der Waals surface area contributed by atoms with Crippen LogP contribution in [0.1, 0.15) is 38.3 Å². The molecule has 0 saturated carbocycles. The number of rotatable bonds is 7. The molecule has 2 nitrogen and oxygen atoms in total. The van der Waals surface area contributed by atoms with Gasteiger partial charge in [-0.15, -0.1) is 0 Å². The summed E-state index contributed by atoms with van der Waals surface area (Å²) in [6, 6.07) is 17.0. The smallest absolute Gasteiger partial charge is 0.119 e. The number of benzene rings is 2. The fourth-order valence-electron chi connectivity index (χ4n) is 2.18. The first-order valence-corrected chi connectivity index (χ1v) is 8.27. The van der Waals surface area contributed by atoms with Gasteiger partial charge in [0.15, 0.2) is 0 Å². The zero-order valence-corrected chi connectivity index (χ0v) is 14.2. The summed E-state index contributed by atoms with van der Waals surface area (Å²) >= 11 is 3.48. The van der Waals surface area contributed by atoms with E-state index >= 15 is 0 Å². The maximum atomic E-state index is 5.61. The van der Waals surface area contributed by atoms with Crippen molar-refractivity contribution in [3.8, 4) is 5.75 Å². The van der Waals surface area contributed by atoms with E-state index in [1.807, 2.05) is 12.1 Å². The summed E-state index contributed by atoms with van der Waals surface area (Å²) in [5.74, 6) is 0.930. The molecule has 112 valence electrons. The average Bonchev–Trinajstić information content (AvgIpc) is 2.53. The van der Waals surface area contributed by atoms with E-state index in [1.54, 1.807) is 0 Å². The highest BCUT2D eigenvalue weighted by Crippen LogP contribution is 2.25. The Kier molecular flexibility index (Phi) is 6.12. The summed E-state index contributed by atoms with van der Waals surface area (Å²) in [6.07, 6.45) is 2.07. The minimum Gasteiger partial charge on any atom is -0.494 e. The van der Waals surface area contributed by atoms with Crippen LogP contribution in [-0.2, 0) is 0 Å².